The average Bonchev–Trinajstić information content (AvgIpc) is 2.28. The molecule has 1 aromatic rings. The van der Waals surface area contributed by atoms with Crippen molar-refractivity contribution in [2.24, 2.45) is 11.3 Å². The Labute approximate surface area is 108 Å². The van der Waals surface area contributed by atoms with Gasteiger partial charge in [0.2, 0.25) is 0 Å². The maximum atomic E-state index is 5.87. The van der Waals surface area contributed by atoms with Crippen LogP contribution in [-0.2, 0) is 0 Å². The molecule has 4 heteroatoms. The molecule has 0 bridgehead atoms. The Kier molecular flexibility index (Phi) is 3.57. The summed E-state index contributed by atoms with van der Waals surface area (Å²) < 4.78 is 0. The fraction of sp³-hybridized carbons (Fsp3) is 0.692. The van der Waals surface area contributed by atoms with Crippen LogP contribution in [0.5, 0.6) is 0 Å². The van der Waals surface area contributed by atoms with Gasteiger partial charge in [-0.25, -0.2) is 0 Å². The Hall–Kier alpha value is -0.830. The van der Waals surface area contributed by atoms with Gasteiger partial charge in [-0.1, -0.05) is 32.4 Å². The molecule has 0 spiro atoms. The Balaban J connectivity index is 2.00. The number of aromatic nitrogens is 2. The molecule has 0 atom stereocenters. The molecular weight excluding hydrogens is 234 g/mol. The van der Waals surface area contributed by atoms with Crippen molar-refractivity contribution in [1.82, 2.24) is 10.2 Å². The molecule has 94 valence electrons. The zero-order valence-corrected chi connectivity index (χ0v) is 11.5. The SMILES string of the molecule is CC(C)(C)C1CCN(c2cnnc(Cl)c2)CC1. The van der Waals surface area contributed by atoms with Crippen molar-refractivity contribution in [2.45, 2.75) is 33.6 Å². The van der Waals surface area contributed by atoms with Gasteiger partial charge in [-0.05, 0) is 24.2 Å². The van der Waals surface area contributed by atoms with Crippen LogP contribution in [0, 0.1) is 11.3 Å². The third kappa shape index (κ3) is 3.09. The van der Waals surface area contributed by atoms with E-state index in [1.807, 2.05) is 6.07 Å². The van der Waals surface area contributed by atoms with Crippen molar-refractivity contribution in [1.29, 1.82) is 0 Å². The third-order valence-electron chi connectivity index (χ3n) is 3.70. The van der Waals surface area contributed by atoms with E-state index in [4.69, 9.17) is 11.6 Å². The van der Waals surface area contributed by atoms with Crippen LogP contribution < -0.4 is 4.90 Å². The van der Waals surface area contributed by atoms with Crippen LogP contribution >= 0.6 is 11.6 Å². The number of anilines is 1. The Bertz CT molecular complexity index is 378. The minimum Gasteiger partial charge on any atom is -0.370 e. The van der Waals surface area contributed by atoms with Crippen LogP contribution in [-0.4, -0.2) is 23.3 Å². The number of rotatable bonds is 1. The van der Waals surface area contributed by atoms with E-state index < -0.39 is 0 Å². The summed E-state index contributed by atoms with van der Waals surface area (Å²) >= 11 is 5.87. The predicted octanol–water partition coefficient (Wildman–Crippen LogP) is 3.39. The number of piperidine rings is 1. The van der Waals surface area contributed by atoms with Gasteiger partial charge in [0.05, 0.1) is 11.9 Å². The van der Waals surface area contributed by atoms with E-state index in [9.17, 15) is 0 Å². The summed E-state index contributed by atoms with van der Waals surface area (Å²) in [5, 5.41) is 8.15. The molecule has 0 aliphatic carbocycles. The highest BCUT2D eigenvalue weighted by Gasteiger charge is 2.28. The van der Waals surface area contributed by atoms with E-state index in [1.54, 1.807) is 6.20 Å². The highest BCUT2D eigenvalue weighted by Crippen LogP contribution is 2.35. The number of hydrogen-bond donors (Lipinski definition) is 0. The molecule has 0 saturated carbocycles. The van der Waals surface area contributed by atoms with Gasteiger partial charge in [0.15, 0.2) is 5.15 Å². The maximum Gasteiger partial charge on any atom is 0.153 e. The summed E-state index contributed by atoms with van der Waals surface area (Å²) in [4.78, 5) is 2.35. The molecule has 1 aromatic heterocycles. The lowest BCUT2D eigenvalue weighted by Crippen LogP contribution is -2.38. The molecule has 17 heavy (non-hydrogen) atoms. The third-order valence-corrected chi connectivity index (χ3v) is 3.88. The highest BCUT2D eigenvalue weighted by atomic mass is 35.5. The topological polar surface area (TPSA) is 29.0 Å². The molecule has 3 nitrogen and oxygen atoms in total. The molecule has 1 saturated heterocycles. The lowest BCUT2D eigenvalue weighted by Gasteiger charge is -2.39. The summed E-state index contributed by atoms with van der Waals surface area (Å²) in [6.07, 6.45) is 4.27. The number of hydrogen-bond acceptors (Lipinski definition) is 3. The van der Waals surface area contributed by atoms with Crippen molar-refractivity contribution >= 4 is 17.3 Å². The van der Waals surface area contributed by atoms with E-state index in [0.717, 1.165) is 24.7 Å². The normalized spacial score (nSPS) is 18.5. The predicted molar refractivity (Wildman–Crippen MR) is 71.4 cm³/mol. The Morgan fingerprint density at radius 1 is 1.29 bits per heavy atom. The zero-order valence-electron chi connectivity index (χ0n) is 10.8. The molecule has 1 fully saturated rings. The van der Waals surface area contributed by atoms with Crippen LogP contribution in [0.2, 0.25) is 5.15 Å². The van der Waals surface area contributed by atoms with E-state index in [-0.39, 0.29) is 0 Å². The first-order valence-corrected chi connectivity index (χ1v) is 6.58. The van der Waals surface area contributed by atoms with Crippen molar-refractivity contribution in [3.63, 3.8) is 0 Å². The molecule has 0 unspecified atom stereocenters. The second kappa shape index (κ2) is 4.81. The Morgan fingerprint density at radius 3 is 2.47 bits per heavy atom. The van der Waals surface area contributed by atoms with Gasteiger partial charge >= 0.3 is 0 Å². The van der Waals surface area contributed by atoms with Crippen molar-refractivity contribution in [3.05, 3.63) is 17.4 Å². The van der Waals surface area contributed by atoms with Crippen LogP contribution in [0.15, 0.2) is 12.3 Å². The first-order valence-electron chi connectivity index (χ1n) is 6.20. The summed E-state index contributed by atoms with van der Waals surface area (Å²) in [7, 11) is 0. The van der Waals surface area contributed by atoms with Gasteiger partial charge in [0, 0.05) is 19.2 Å². The fourth-order valence-corrected chi connectivity index (χ4v) is 2.66. The monoisotopic (exact) mass is 253 g/mol. The van der Waals surface area contributed by atoms with E-state index >= 15 is 0 Å². The second-order valence-electron chi connectivity index (χ2n) is 5.86. The van der Waals surface area contributed by atoms with Gasteiger partial charge in [-0.3, -0.25) is 0 Å². The first-order chi connectivity index (χ1) is 7.97. The Morgan fingerprint density at radius 2 is 1.94 bits per heavy atom. The van der Waals surface area contributed by atoms with Crippen LogP contribution in [0.1, 0.15) is 33.6 Å². The van der Waals surface area contributed by atoms with E-state index in [1.165, 1.54) is 12.8 Å². The smallest absolute Gasteiger partial charge is 0.153 e. The quantitative estimate of drug-likeness (QED) is 0.768. The van der Waals surface area contributed by atoms with Gasteiger partial charge in [0.1, 0.15) is 0 Å². The van der Waals surface area contributed by atoms with Crippen molar-refractivity contribution in [3.8, 4) is 0 Å². The van der Waals surface area contributed by atoms with Crippen LogP contribution in [0.3, 0.4) is 0 Å². The minimum atomic E-state index is 0.417. The lowest BCUT2D eigenvalue weighted by molar-refractivity contribution is 0.199. The molecule has 0 radical (unpaired) electrons. The molecule has 0 aromatic carbocycles. The van der Waals surface area contributed by atoms with Crippen molar-refractivity contribution in [2.75, 3.05) is 18.0 Å². The molecule has 1 aliphatic rings. The fourth-order valence-electron chi connectivity index (χ4n) is 2.51. The standard InChI is InChI=1S/C13H20ClN3/c1-13(2,3)10-4-6-17(7-5-10)11-8-12(14)16-15-9-11/h8-10H,4-7H2,1-3H3. The number of nitrogens with zero attached hydrogens (tertiary/aromatic N) is 3. The first kappa shape index (κ1) is 12.6. The number of halogens is 1. The molecule has 2 rings (SSSR count). The summed E-state index contributed by atoms with van der Waals surface area (Å²) in [5.74, 6) is 0.809. The average molecular weight is 254 g/mol. The maximum absolute atomic E-state index is 5.87. The van der Waals surface area contributed by atoms with E-state index in [0.29, 0.717) is 10.6 Å². The zero-order chi connectivity index (χ0) is 12.5. The van der Waals surface area contributed by atoms with Crippen LogP contribution in [0.4, 0.5) is 5.69 Å². The summed E-state index contributed by atoms with van der Waals surface area (Å²) in [6, 6.07) is 1.89. The van der Waals surface area contributed by atoms with E-state index in [2.05, 4.69) is 35.9 Å². The molecular formula is C13H20ClN3. The van der Waals surface area contributed by atoms with Gasteiger partial charge in [0.25, 0.3) is 0 Å². The largest absolute Gasteiger partial charge is 0.370 e. The highest BCUT2D eigenvalue weighted by molar-refractivity contribution is 6.29. The molecule has 2 heterocycles. The van der Waals surface area contributed by atoms with Gasteiger partial charge in [-0.15, -0.1) is 5.10 Å². The second-order valence-corrected chi connectivity index (χ2v) is 6.25. The molecule has 0 amide bonds. The van der Waals surface area contributed by atoms with Crippen molar-refractivity contribution < 1.29 is 0 Å². The lowest BCUT2D eigenvalue weighted by atomic mass is 9.75. The summed E-state index contributed by atoms with van der Waals surface area (Å²) in [6.45, 7) is 9.17. The summed E-state index contributed by atoms with van der Waals surface area (Å²) in [5.41, 5.74) is 1.51. The molecule has 1 aliphatic heterocycles. The minimum absolute atomic E-state index is 0.417. The van der Waals surface area contributed by atoms with Gasteiger partial charge < -0.3 is 4.90 Å². The molecule has 0 N–H and O–H groups in total. The van der Waals surface area contributed by atoms with Gasteiger partial charge in [-0.2, -0.15) is 5.10 Å². The van der Waals surface area contributed by atoms with Crippen LogP contribution in [0.25, 0.3) is 0 Å².